The van der Waals surface area contributed by atoms with Gasteiger partial charge in [0, 0.05) is 17.3 Å². The van der Waals surface area contributed by atoms with Gasteiger partial charge in [-0.1, -0.05) is 17.7 Å². The SMILES string of the molecule is COc1ccc(NC(N)=NCC(C)(O)c2ccc(F)cc2F)cc1Cl.I. The Labute approximate surface area is 172 Å². The Bertz CT molecular complexity index is 804. The number of methoxy groups -OCH3 is 1. The van der Waals surface area contributed by atoms with Crippen molar-refractivity contribution in [2.24, 2.45) is 10.7 Å². The van der Waals surface area contributed by atoms with E-state index in [0.717, 1.165) is 6.07 Å². The van der Waals surface area contributed by atoms with Gasteiger partial charge in [0.15, 0.2) is 5.96 Å². The van der Waals surface area contributed by atoms with Gasteiger partial charge >= 0.3 is 0 Å². The molecule has 0 fully saturated rings. The quantitative estimate of drug-likeness (QED) is 0.333. The Morgan fingerprint density at radius 3 is 2.58 bits per heavy atom. The molecule has 9 heteroatoms. The van der Waals surface area contributed by atoms with Gasteiger partial charge in [0.05, 0.1) is 18.7 Å². The molecule has 0 aliphatic carbocycles. The number of nitrogens with zero attached hydrogens (tertiary/aromatic N) is 1. The number of guanidine groups is 1. The number of nitrogens with two attached hydrogens (primary N) is 1. The van der Waals surface area contributed by atoms with Crippen molar-refractivity contribution in [3.8, 4) is 5.75 Å². The van der Waals surface area contributed by atoms with Crippen LogP contribution >= 0.6 is 35.6 Å². The maximum absolute atomic E-state index is 13.8. The van der Waals surface area contributed by atoms with Crippen LogP contribution < -0.4 is 15.8 Å². The molecule has 26 heavy (non-hydrogen) atoms. The summed E-state index contributed by atoms with van der Waals surface area (Å²) in [5.41, 5.74) is 4.62. The molecule has 2 aromatic rings. The largest absolute Gasteiger partial charge is 0.495 e. The van der Waals surface area contributed by atoms with Crippen LogP contribution in [0.1, 0.15) is 12.5 Å². The Kier molecular flexibility index (Phi) is 8.04. The lowest BCUT2D eigenvalue weighted by Crippen LogP contribution is -2.30. The van der Waals surface area contributed by atoms with Crippen LogP contribution in [0.2, 0.25) is 5.02 Å². The monoisotopic (exact) mass is 497 g/mol. The zero-order valence-corrected chi connectivity index (χ0v) is 17.2. The average Bonchev–Trinajstić information content (AvgIpc) is 2.53. The molecular formula is C17H19ClF2IN3O2. The summed E-state index contributed by atoms with van der Waals surface area (Å²) in [5, 5.41) is 13.6. The topological polar surface area (TPSA) is 79.9 Å². The van der Waals surface area contributed by atoms with E-state index in [4.69, 9.17) is 22.1 Å². The van der Waals surface area contributed by atoms with E-state index < -0.39 is 17.2 Å². The number of nitrogens with one attached hydrogen (secondary N) is 1. The molecule has 142 valence electrons. The molecule has 1 unspecified atom stereocenters. The number of aliphatic imine (C=N–C) groups is 1. The van der Waals surface area contributed by atoms with Gasteiger partial charge in [-0.25, -0.2) is 13.8 Å². The van der Waals surface area contributed by atoms with E-state index in [1.807, 2.05) is 0 Å². The van der Waals surface area contributed by atoms with Crippen LogP contribution in [0.4, 0.5) is 14.5 Å². The number of hydrogen-bond donors (Lipinski definition) is 3. The normalized spacial score (nSPS) is 13.5. The van der Waals surface area contributed by atoms with Crippen LogP contribution in [-0.2, 0) is 5.60 Å². The van der Waals surface area contributed by atoms with E-state index in [2.05, 4.69) is 10.3 Å². The first-order valence-corrected chi connectivity index (χ1v) is 7.69. The highest BCUT2D eigenvalue weighted by atomic mass is 127. The summed E-state index contributed by atoms with van der Waals surface area (Å²) in [6.07, 6.45) is 0. The number of ether oxygens (including phenoxy) is 1. The fourth-order valence-electron chi connectivity index (χ4n) is 2.18. The molecule has 0 aliphatic heterocycles. The second kappa shape index (κ2) is 9.33. The maximum Gasteiger partial charge on any atom is 0.193 e. The third-order valence-electron chi connectivity index (χ3n) is 3.49. The van der Waals surface area contributed by atoms with Gasteiger partial charge in [0.1, 0.15) is 23.0 Å². The summed E-state index contributed by atoms with van der Waals surface area (Å²) >= 11 is 6.01. The molecule has 2 aromatic carbocycles. The number of benzene rings is 2. The lowest BCUT2D eigenvalue weighted by atomic mass is 9.95. The van der Waals surface area contributed by atoms with E-state index in [0.29, 0.717) is 22.5 Å². The lowest BCUT2D eigenvalue weighted by molar-refractivity contribution is 0.0634. The molecule has 4 N–H and O–H groups in total. The van der Waals surface area contributed by atoms with Crippen LogP contribution in [0.5, 0.6) is 5.75 Å². The molecule has 0 amide bonds. The van der Waals surface area contributed by atoms with Gasteiger partial charge < -0.3 is 20.9 Å². The summed E-state index contributed by atoms with van der Waals surface area (Å²) in [6, 6.07) is 7.88. The number of anilines is 1. The van der Waals surface area contributed by atoms with Gasteiger partial charge in [-0.05, 0) is 31.2 Å². The number of rotatable bonds is 5. The van der Waals surface area contributed by atoms with Gasteiger partial charge in [0.2, 0.25) is 0 Å². The Morgan fingerprint density at radius 2 is 2.00 bits per heavy atom. The first kappa shape index (κ1) is 22.4. The molecule has 0 aliphatic rings. The number of aliphatic hydroxyl groups is 1. The number of hydrogen-bond acceptors (Lipinski definition) is 3. The highest BCUT2D eigenvalue weighted by Crippen LogP contribution is 2.27. The molecule has 0 heterocycles. The standard InChI is InChI=1S/C17H18ClF2N3O2.HI/c1-17(24,12-5-3-10(19)7-14(12)20)9-22-16(21)23-11-4-6-15(25-2)13(18)8-11;/h3-8,24H,9H2,1-2H3,(H3,21,22,23);1H. The van der Waals surface area contributed by atoms with Crippen molar-refractivity contribution in [1.29, 1.82) is 0 Å². The van der Waals surface area contributed by atoms with E-state index in [1.165, 1.54) is 20.1 Å². The molecule has 5 nitrogen and oxygen atoms in total. The number of halogens is 4. The third-order valence-corrected chi connectivity index (χ3v) is 3.79. The molecule has 0 bridgehead atoms. The molecular weight excluding hydrogens is 479 g/mol. The smallest absolute Gasteiger partial charge is 0.193 e. The van der Waals surface area contributed by atoms with Crippen molar-refractivity contribution in [1.82, 2.24) is 0 Å². The fraction of sp³-hybridized carbons (Fsp3) is 0.235. The van der Waals surface area contributed by atoms with Crippen LogP contribution in [0.25, 0.3) is 0 Å². The summed E-state index contributed by atoms with van der Waals surface area (Å²) in [4.78, 5) is 4.00. The van der Waals surface area contributed by atoms with Crippen molar-refractivity contribution >= 4 is 47.2 Å². The van der Waals surface area contributed by atoms with Crippen LogP contribution in [0.3, 0.4) is 0 Å². The molecule has 0 spiro atoms. The fourth-order valence-corrected chi connectivity index (χ4v) is 2.44. The van der Waals surface area contributed by atoms with E-state index >= 15 is 0 Å². The predicted molar refractivity (Wildman–Crippen MR) is 109 cm³/mol. The van der Waals surface area contributed by atoms with Crippen molar-refractivity contribution in [3.63, 3.8) is 0 Å². The molecule has 0 radical (unpaired) electrons. The van der Waals surface area contributed by atoms with Gasteiger partial charge in [-0.3, -0.25) is 0 Å². The maximum atomic E-state index is 13.8. The van der Waals surface area contributed by atoms with Crippen LogP contribution in [0.15, 0.2) is 41.4 Å². The molecule has 2 rings (SSSR count). The van der Waals surface area contributed by atoms with Crippen molar-refractivity contribution in [2.75, 3.05) is 19.0 Å². The summed E-state index contributed by atoms with van der Waals surface area (Å²) < 4.78 is 31.8. The molecule has 1 atom stereocenters. The van der Waals surface area contributed by atoms with Crippen molar-refractivity contribution < 1.29 is 18.6 Å². The second-order valence-corrected chi connectivity index (χ2v) is 5.98. The highest BCUT2D eigenvalue weighted by molar-refractivity contribution is 14.0. The molecule has 0 saturated heterocycles. The minimum absolute atomic E-state index is 0. The zero-order chi connectivity index (χ0) is 18.6. The Hall–Kier alpha value is -1.65. The molecule has 0 aromatic heterocycles. The average molecular weight is 498 g/mol. The van der Waals surface area contributed by atoms with Crippen molar-refractivity contribution in [2.45, 2.75) is 12.5 Å². The van der Waals surface area contributed by atoms with Crippen molar-refractivity contribution in [3.05, 3.63) is 58.6 Å². The first-order chi connectivity index (χ1) is 11.7. The predicted octanol–water partition coefficient (Wildman–Crippen LogP) is 3.88. The lowest BCUT2D eigenvalue weighted by Gasteiger charge is -2.22. The van der Waals surface area contributed by atoms with Gasteiger partial charge in [-0.15, -0.1) is 24.0 Å². The first-order valence-electron chi connectivity index (χ1n) is 7.31. The van der Waals surface area contributed by atoms with E-state index in [9.17, 15) is 13.9 Å². The van der Waals surface area contributed by atoms with Gasteiger partial charge in [-0.2, -0.15) is 0 Å². The molecule has 0 saturated carbocycles. The third kappa shape index (κ3) is 5.68. The van der Waals surface area contributed by atoms with Crippen LogP contribution in [0, 0.1) is 11.6 Å². The summed E-state index contributed by atoms with van der Waals surface area (Å²) in [7, 11) is 1.50. The van der Waals surface area contributed by atoms with E-state index in [-0.39, 0.29) is 42.0 Å². The zero-order valence-electron chi connectivity index (χ0n) is 14.1. The van der Waals surface area contributed by atoms with E-state index in [1.54, 1.807) is 18.2 Å². The minimum atomic E-state index is -1.65. The Morgan fingerprint density at radius 1 is 1.31 bits per heavy atom. The summed E-state index contributed by atoms with van der Waals surface area (Å²) in [6.45, 7) is 1.14. The second-order valence-electron chi connectivity index (χ2n) is 5.57. The minimum Gasteiger partial charge on any atom is -0.495 e. The van der Waals surface area contributed by atoms with Gasteiger partial charge in [0.25, 0.3) is 0 Å². The highest BCUT2D eigenvalue weighted by Gasteiger charge is 2.26. The summed E-state index contributed by atoms with van der Waals surface area (Å²) in [5.74, 6) is -1.06. The Balaban J connectivity index is 0.00000338. The van der Waals surface area contributed by atoms with Crippen LogP contribution in [-0.4, -0.2) is 24.7 Å².